The number of aromatic nitrogens is 1. The van der Waals surface area contributed by atoms with E-state index in [-0.39, 0.29) is 42.3 Å². The van der Waals surface area contributed by atoms with Gasteiger partial charge in [0.25, 0.3) is 0 Å². The van der Waals surface area contributed by atoms with Crippen molar-refractivity contribution in [2.24, 2.45) is 0 Å². The first-order valence-electron chi connectivity index (χ1n) is 11.2. The maximum atomic E-state index is 11.1. The Hall–Kier alpha value is -1.75. The van der Waals surface area contributed by atoms with Crippen LogP contribution in [0.3, 0.4) is 0 Å². The minimum absolute atomic E-state index is 0.0403. The summed E-state index contributed by atoms with van der Waals surface area (Å²) in [4.78, 5) is 2.11. The normalized spacial score (nSPS) is 15.7. The Kier molecular flexibility index (Phi) is 8.59. The van der Waals surface area contributed by atoms with Crippen LogP contribution in [0.2, 0.25) is 0 Å². The van der Waals surface area contributed by atoms with Crippen molar-refractivity contribution in [3.63, 3.8) is 0 Å². The van der Waals surface area contributed by atoms with E-state index in [2.05, 4.69) is 33.8 Å². The first-order chi connectivity index (χ1) is 17.0. The van der Waals surface area contributed by atoms with Gasteiger partial charge in [0.15, 0.2) is 0 Å². The number of para-hydroxylation sites is 2. The van der Waals surface area contributed by atoms with E-state index in [1.807, 2.05) is 43.3 Å². The molecule has 0 saturated heterocycles. The zero-order valence-corrected chi connectivity index (χ0v) is 24.6. The van der Waals surface area contributed by atoms with Crippen molar-refractivity contribution in [1.29, 1.82) is 0 Å². The Morgan fingerprint density at radius 3 is 2.39 bits per heavy atom. The number of aryl methyl sites for hydroxylation is 1. The Morgan fingerprint density at radius 2 is 1.64 bits per heavy atom. The molecule has 0 spiro atoms. The Balaban J connectivity index is 1.63. The van der Waals surface area contributed by atoms with Gasteiger partial charge < -0.3 is 0 Å². The molecule has 0 bridgehead atoms. The van der Waals surface area contributed by atoms with Crippen molar-refractivity contribution in [2.45, 2.75) is 26.3 Å². The summed E-state index contributed by atoms with van der Waals surface area (Å²) in [7, 11) is -8.53. The summed E-state index contributed by atoms with van der Waals surface area (Å²) in [5.74, 6) is -0.791. The zero-order chi connectivity index (χ0) is 25.9. The molecule has 1 aliphatic heterocycles. The van der Waals surface area contributed by atoms with Crippen LogP contribution in [-0.4, -0.2) is 73.5 Å². The third-order valence-corrected chi connectivity index (χ3v) is 11.8. The summed E-state index contributed by atoms with van der Waals surface area (Å²) in [5, 5.41) is 0. The molecule has 2 aromatic carbocycles. The van der Waals surface area contributed by atoms with Gasteiger partial charge in [-0.1, -0.05) is 0 Å². The average Bonchev–Trinajstić information content (AvgIpc) is 3.30. The van der Waals surface area contributed by atoms with Crippen LogP contribution in [0.15, 0.2) is 64.8 Å². The standard InChI is InChI=1S/C24H26N2O6S2Se2/c1-18(16-23-25(12-6-14-33(27,28)29)19-8-2-4-10-21(19)35-23)17-24-26(13-7-15-34(30,31)32)20-9-3-5-11-22(20)36-24/h2-5,8-11,16-17H,6-7,12-15H2,1H3,(H-,27,28,29,30,31,32)/p-1. The van der Waals surface area contributed by atoms with Crippen LogP contribution in [0.25, 0.3) is 15.9 Å². The fourth-order valence-corrected chi connectivity index (χ4v) is 10.0. The number of anilines is 1. The number of allylic oxidation sites excluding steroid dienone is 2. The predicted octanol–water partition coefficient (Wildman–Crippen LogP) is 1.15. The summed E-state index contributed by atoms with van der Waals surface area (Å²) in [6.07, 6.45) is 4.72. The first-order valence-corrected chi connectivity index (χ1v) is 17.8. The summed E-state index contributed by atoms with van der Waals surface area (Å²) in [5.41, 5.74) is 3.11. The van der Waals surface area contributed by atoms with Crippen molar-refractivity contribution in [2.75, 3.05) is 23.0 Å². The van der Waals surface area contributed by atoms with Crippen LogP contribution in [0, 0.1) is 0 Å². The predicted molar refractivity (Wildman–Crippen MR) is 140 cm³/mol. The molecule has 36 heavy (non-hydrogen) atoms. The maximum absolute atomic E-state index is 11.1. The van der Waals surface area contributed by atoms with Gasteiger partial charge in [0.05, 0.1) is 0 Å². The van der Waals surface area contributed by atoms with E-state index in [0.717, 1.165) is 25.9 Å². The molecular weight excluding hydrogens is 634 g/mol. The summed E-state index contributed by atoms with van der Waals surface area (Å²) < 4.78 is 73.3. The second kappa shape index (κ2) is 11.3. The van der Waals surface area contributed by atoms with Gasteiger partial charge >= 0.3 is 225 Å². The molecule has 0 atom stereocenters. The van der Waals surface area contributed by atoms with Gasteiger partial charge in [0, 0.05) is 0 Å². The van der Waals surface area contributed by atoms with Gasteiger partial charge in [0.1, 0.15) is 0 Å². The molecular formula is C24H25N2O6S2Se2-. The summed E-state index contributed by atoms with van der Waals surface area (Å²) in [6, 6.07) is 16.0. The molecule has 0 N–H and O–H groups in total. The Morgan fingerprint density at radius 1 is 0.972 bits per heavy atom. The second-order valence-electron chi connectivity index (χ2n) is 8.38. The van der Waals surface area contributed by atoms with E-state index in [1.165, 1.54) is 8.72 Å². The zero-order valence-electron chi connectivity index (χ0n) is 19.5. The van der Waals surface area contributed by atoms with Crippen LogP contribution in [-0.2, 0) is 26.8 Å². The van der Waals surface area contributed by atoms with Crippen molar-refractivity contribution < 1.29 is 30.5 Å². The molecule has 4 rings (SSSR count). The summed E-state index contributed by atoms with van der Waals surface area (Å²) >= 11 is 0.0807. The number of rotatable bonds is 10. The average molecular weight is 660 g/mol. The van der Waals surface area contributed by atoms with Gasteiger partial charge in [-0.3, -0.25) is 0 Å². The molecule has 0 radical (unpaired) electrons. The van der Waals surface area contributed by atoms with E-state index < -0.39 is 31.7 Å². The van der Waals surface area contributed by atoms with Crippen LogP contribution >= 0.6 is 0 Å². The fourth-order valence-electron chi connectivity index (χ4n) is 4.01. The van der Waals surface area contributed by atoms with Gasteiger partial charge in [-0.05, 0) is 0 Å². The second-order valence-corrected chi connectivity index (χ2v) is 15.9. The summed E-state index contributed by atoms with van der Waals surface area (Å²) in [6.45, 7) is 2.90. The Bertz CT molecular complexity index is 1550. The number of hydrogen-bond donors (Lipinski definition) is 0. The van der Waals surface area contributed by atoms with Crippen LogP contribution in [0.4, 0.5) is 5.69 Å². The van der Waals surface area contributed by atoms with E-state index >= 15 is 0 Å². The topological polar surface area (TPSA) is 122 Å². The quantitative estimate of drug-likeness (QED) is 0.182. The molecule has 1 aliphatic rings. The van der Waals surface area contributed by atoms with Gasteiger partial charge in [0.2, 0.25) is 0 Å². The monoisotopic (exact) mass is 661 g/mol. The third-order valence-electron chi connectivity index (χ3n) is 5.53. The molecule has 2 heterocycles. The Labute approximate surface area is 223 Å². The van der Waals surface area contributed by atoms with Gasteiger partial charge in [-0.25, -0.2) is 0 Å². The molecule has 8 nitrogen and oxygen atoms in total. The van der Waals surface area contributed by atoms with Gasteiger partial charge in [-0.2, -0.15) is 0 Å². The van der Waals surface area contributed by atoms with E-state index in [1.54, 1.807) is 0 Å². The molecule has 3 aromatic rings. The van der Waals surface area contributed by atoms with E-state index in [4.69, 9.17) is 0 Å². The molecule has 0 amide bonds. The molecule has 1 aromatic heterocycles. The van der Waals surface area contributed by atoms with Gasteiger partial charge in [-0.15, -0.1) is 0 Å². The SMILES string of the molecule is CC(=C\c1[se]c2ccccc2[n+]1CCCS(=O)(=O)[O-])/C=C1/[Se]c2ccccc2N1CCCS(=O)(=O)[O-]. The molecule has 0 saturated carbocycles. The van der Waals surface area contributed by atoms with Crippen molar-refractivity contribution in [3.8, 4) is 0 Å². The number of nitrogens with zero attached hydrogens (tertiary/aromatic N) is 2. The number of hydrogen-bond acceptors (Lipinski definition) is 7. The van der Waals surface area contributed by atoms with E-state index in [0.29, 0.717) is 13.1 Å². The first kappa shape index (κ1) is 27.3. The van der Waals surface area contributed by atoms with Crippen LogP contribution in [0.1, 0.15) is 24.3 Å². The number of benzene rings is 2. The molecule has 0 aliphatic carbocycles. The molecule has 12 heteroatoms. The van der Waals surface area contributed by atoms with Crippen molar-refractivity contribution in [3.05, 3.63) is 69.3 Å². The van der Waals surface area contributed by atoms with Crippen LogP contribution in [0.5, 0.6) is 0 Å². The molecule has 192 valence electrons. The van der Waals surface area contributed by atoms with Crippen LogP contribution < -0.4 is 13.9 Å². The van der Waals surface area contributed by atoms with Crippen molar-refractivity contribution >= 4 is 75.7 Å². The fraction of sp³-hybridized carbons (Fsp3) is 0.292. The molecule has 0 fully saturated rings. The third kappa shape index (κ3) is 7.18. The van der Waals surface area contributed by atoms with E-state index in [9.17, 15) is 25.9 Å². The minimum atomic E-state index is -4.27. The van der Waals surface area contributed by atoms with Crippen molar-refractivity contribution in [1.82, 2.24) is 0 Å². The molecule has 0 unspecified atom stereocenters. The number of fused-ring (bicyclic) bond motifs is 2.